The van der Waals surface area contributed by atoms with Crippen molar-refractivity contribution in [3.63, 3.8) is 0 Å². The van der Waals surface area contributed by atoms with Crippen molar-refractivity contribution in [1.29, 1.82) is 0 Å². The monoisotopic (exact) mass is 958 g/mol. The highest BCUT2D eigenvalue weighted by Gasteiger charge is 2.26. The molecule has 0 N–H and O–H groups in total. The van der Waals surface area contributed by atoms with Crippen molar-refractivity contribution in [2.45, 2.75) is 0 Å². The first-order valence-electron chi connectivity index (χ1n) is 20.5. The molecule has 0 radical (unpaired) electrons. The van der Waals surface area contributed by atoms with Crippen LogP contribution in [0.15, 0.2) is 203 Å². The third-order valence-electron chi connectivity index (χ3n) is 12.1. The maximum atomic E-state index is 13.2. The Labute approximate surface area is 382 Å². The quantitative estimate of drug-likeness (QED) is 0.112. The topological polar surface area (TPSA) is 96.1 Å². The van der Waals surface area contributed by atoms with E-state index < -0.39 is 0 Å². The number of benzene rings is 9. The maximum absolute atomic E-state index is 13.2. The Morgan fingerprint density at radius 1 is 0.391 bits per heavy atom. The van der Waals surface area contributed by atoms with Crippen molar-refractivity contribution in [3.05, 3.63) is 223 Å². The highest BCUT2D eigenvalue weighted by molar-refractivity contribution is 9.10. The molecule has 11 aromatic rings. The standard InChI is InChI=1S/C54H32Br2N4O4/c55-35-26-28-49(59(61)62)43(30-35)37-19-12-24-51-54(37)40-18-8-10-22-47(40)58(51)48-27-25-34(29-42(48)33-13-3-1-4-14-33)41-32-52(60(63)64)44(31-45(41)56)38-20-11-23-50-53(38)39-17-7-9-21-46(39)57(50)36-15-5-2-6-16-36/h1-32H. The number of nitro groups is 2. The van der Waals surface area contributed by atoms with Crippen molar-refractivity contribution < 1.29 is 9.85 Å². The Morgan fingerprint density at radius 2 is 0.938 bits per heavy atom. The van der Waals surface area contributed by atoms with Gasteiger partial charge in [0.2, 0.25) is 0 Å². The third kappa shape index (κ3) is 6.33. The molecule has 10 heteroatoms. The normalized spacial score (nSPS) is 11.5. The van der Waals surface area contributed by atoms with Gasteiger partial charge in [0.1, 0.15) is 0 Å². The second-order valence-electron chi connectivity index (χ2n) is 15.6. The van der Waals surface area contributed by atoms with E-state index in [-0.39, 0.29) is 21.2 Å². The first-order chi connectivity index (χ1) is 31.3. The molecule has 2 heterocycles. The minimum absolute atomic E-state index is 0.0100. The van der Waals surface area contributed by atoms with Crippen LogP contribution in [0.4, 0.5) is 11.4 Å². The van der Waals surface area contributed by atoms with Gasteiger partial charge in [-0.15, -0.1) is 0 Å². The van der Waals surface area contributed by atoms with Crippen molar-refractivity contribution in [3.8, 4) is 55.9 Å². The summed E-state index contributed by atoms with van der Waals surface area (Å²) in [4.78, 5) is 24.9. The summed E-state index contributed by atoms with van der Waals surface area (Å²) in [6.07, 6.45) is 0. The van der Waals surface area contributed by atoms with Crippen molar-refractivity contribution in [2.24, 2.45) is 0 Å². The van der Waals surface area contributed by atoms with Crippen LogP contribution in [0.1, 0.15) is 0 Å². The molecule has 8 nitrogen and oxygen atoms in total. The molecular formula is C54H32Br2N4O4. The van der Waals surface area contributed by atoms with Crippen LogP contribution in [-0.2, 0) is 0 Å². The molecule has 0 aliphatic rings. The van der Waals surface area contributed by atoms with Gasteiger partial charge in [0, 0.05) is 59.4 Å². The van der Waals surface area contributed by atoms with Crippen molar-refractivity contribution in [1.82, 2.24) is 9.13 Å². The predicted molar refractivity (Wildman–Crippen MR) is 266 cm³/mol. The summed E-state index contributed by atoms with van der Waals surface area (Å²) in [5, 5.41) is 29.3. The Morgan fingerprint density at radius 3 is 1.58 bits per heavy atom. The zero-order chi connectivity index (χ0) is 43.6. The molecule has 0 aliphatic carbocycles. The number of halogens is 2. The SMILES string of the molecule is O=[N+]([O-])c1cc(-c2ccc(-n3c4ccccc4c4c(-c5cc(Br)ccc5[N+](=O)[O-])cccc43)c(-c3ccccc3)c2)c(Br)cc1-c1cccc2c1c1ccccc1n2-c1ccccc1. The maximum Gasteiger partial charge on any atom is 0.277 e. The summed E-state index contributed by atoms with van der Waals surface area (Å²) in [6.45, 7) is 0. The van der Waals surface area contributed by atoms with Gasteiger partial charge >= 0.3 is 0 Å². The number of hydrogen-bond donors (Lipinski definition) is 0. The zero-order valence-corrected chi connectivity index (χ0v) is 36.8. The van der Waals surface area contributed by atoms with Crippen LogP contribution in [0.3, 0.4) is 0 Å². The summed E-state index contributed by atoms with van der Waals surface area (Å²) >= 11 is 7.44. The number of nitrogens with zero attached hydrogens (tertiary/aromatic N) is 4. The van der Waals surface area contributed by atoms with Gasteiger partial charge in [0.05, 0.1) is 48.7 Å². The van der Waals surface area contributed by atoms with E-state index in [0.717, 1.165) is 87.3 Å². The van der Waals surface area contributed by atoms with Crippen molar-refractivity contribution >= 4 is 86.8 Å². The van der Waals surface area contributed by atoms with E-state index in [0.29, 0.717) is 21.2 Å². The van der Waals surface area contributed by atoms with Crippen LogP contribution in [0.25, 0.3) is 99.5 Å². The number of aromatic nitrogens is 2. The molecule has 306 valence electrons. The molecule has 0 aliphatic heterocycles. The molecular weight excluding hydrogens is 928 g/mol. The third-order valence-corrected chi connectivity index (χ3v) is 13.2. The van der Waals surface area contributed by atoms with Gasteiger partial charge in [0.25, 0.3) is 11.4 Å². The lowest BCUT2D eigenvalue weighted by atomic mass is 9.93. The van der Waals surface area contributed by atoms with Gasteiger partial charge in [-0.1, -0.05) is 147 Å². The Hall–Kier alpha value is -7.66. The van der Waals surface area contributed by atoms with Gasteiger partial charge in [-0.2, -0.15) is 0 Å². The van der Waals surface area contributed by atoms with Gasteiger partial charge in [0.15, 0.2) is 0 Å². The zero-order valence-electron chi connectivity index (χ0n) is 33.7. The van der Waals surface area contributed by atoms with E-state index in [2.05, 4.69) is 108 Å². The smallest absolute Gasteiger partial charge is 0.277 e. The second-order valence-corrected chi connectivity index (χ2v) is 17.3. The lowest BCUT2D eigenvalue weighted by molar-refractivity contribution is -0.384. The highest BCUT2D eigenvalue weighted by Crippen LogP contribution is 2.47. The van der Waals surface area contributed by atoms with Crippen molar-refractivity contribution in [2.75, 3.05) is 0 Å². The molecule has 2 aromatic heterocycles. The molecule has 64 heavy (non-hydrogen) atoms. The molecule has 0 amide bonds. The van der Waals surface area contributed by atoms with Crippen LogP contribution in [0.5, 0.6) is 0 Å². The number of rotatable bonds is 8. The Balaban J connectivity index is 1.12. The molecule has 0 unspecified atom stereocenters. The van der Waals surface area contributed by atoms with E-state index in [1.807, 2.05) is 103 Å². The average molecular weight is 961 g/mol. The van der Waals surface area contributed by atoms with Gasteiger partial charge in [-0.05, 0) is 89.0 Å². The van der Waals surface area contributed by atoms with Crippen LogP contribution in [0.2, 0.25) is 0 Å². The van der Waals surface area contributed by atoms with Gasteiger partial charge in [-0.3, -0.25) is 20.2 Å². The van der Waals surface area contributed by atoms with E-state index in [1.54, 1.807) is 18.2 Å². The largest absolute Gasteiger partial charge is 0.309 e. The molecule has 9 aromatic carbocycles. The van der Waals surface area contributed by atoms with E-state index >= 15 is 0 Å². The average Bonchev–Trinajstić information content (AvgIpc) is 3.85. The molecule has 0 atom stereocenters. The first-order valence-corrected chi connectivity index (χ1v) is 22.1. The predicted octanol–water partition coefficient (Wildman–Crippen LogP) is 15.9. The molecule has 0 fully saturated rings. The molecule has 0 spiro atoms. The van der Waals surface area contributed by atoms with E-state index in [4.69, 9.17) is 0 Å². The number of para-hydroxylation sites is 3. The molecule has 11 rings (SSSR count). The highest BCUT2D eigenvalue weighted by atomic mass is 79.9. The number of hydrogen-bond acceptors (Lipinski definition) is 4. The fourth-order valence-electron chi connectivity index (χ4n) is 9.38. The molecule has 0 bridgehead atoms. The fourth-order valence-corrected chi connectivity index (χ4v) is 10.3. The lowest BCUT2D eigenvalue weighted by Crippen LogP contribution is -1.99. The minimum Gasteiger partial charge on any atom is -0.309 e. The molecule has 0 saturated carbocycles. The van der Waals surface area contributed by atoms with Gasteiger partial charge < -0.3 is 9.13 Å². The Bertz CT molecular complexity index is 3710. The minimum atomic E-state index is -0.341. The lowest BCUT2D eigenvalue weighted by Gasteiger charge is -2.17. The van der Waals surface area contributed by atoms with Gasteiger partial charge in [-0.25, -0.2) is 0 Å². The summed E-state index contributed by atoms with van der Waals surface area (Å²) in [5.41, 5.74) is 11.5. The second kappa shape index (κ2) is 15.6. The van der Waals surface area contributed by atoms with Crippen LogP contribution >= 0.6 is 31.9 Å². The Kier molecular flexibility index (Phi) is 9.56. The summed E-state index contributed by atoms with van der Waals surface area (Å²) in [7, 11) is 0. The molecule has 0 saturated heterocycles. The number of fused-ring (bicyclic) bond motifs is 6. The van der Waals surface area contributed by atoms with Crippen LogP contribution in [0, 0.1) is 20.2 Å². The van der Waals surface area contributed by atoms with Crippen LogP contribution in [-0.4, -0.2) is 19.0 Å². The van der Waals surface area contributed by atoms with Crippen LogP contribution < -0.4 is 0 Å². The summed E-state index contributed by atoms with van der Waals surface area (Å²) in [5.74, 6) is 0. The van der Waals surface area contributed by atoms with E-state index in [9.17, 15) is 20.2 Å². The summed E-state index contributed by atoms with van der Waals surface area (Å²) < 4.78 is 5.86. The summed E-state index contributed by atoms with van der Waals surface area (Å²) in [6, 6.07) is 63.1. The first kappa shape index (κ1) is 39.2. The number of nitro benzene ring substituents is 2. The van der Waals surface area contributed by atoms with E-state index in [1.165, 1.54) is 6.07 Å². The fraction of sp³-hybridized carbons (Fsp3) is 0.